The molecule has 9 nitrogen and oxygen atoms in total. The highest BCUT2D eigenvalue weighted by Crippen LogP contribution is 2.28. The number of hydrogen-bond donors (Lipinski definition) is 1. The van der Waals surface area contributed by atoms with E-state index in [0.29, 0.717) is 16.5 Å². The molecule has 0 unspecified atom stereocenters. The van der Waals surface area contributed by atoms with Crippen molar-refractivity contribution < 1.29 is 9.72 Å². The second-order valence-electron chi connectivity index (χ2n) is 7.28. The van der Waals surface area contributed by atoms with Gasteiger partial charge >= 0.3 is 0 Å². The van der Waals surface area contributed by atoms with Gasteiger partial charge in [0.15, 0.2) is 11.0 Å². The van der Waals surface area contributed by atoms with Crippen molar-refractivity contribution in [3.05, 3.63) is 100 Å². The van der Waals surface area contributed by atoms with Gasteiger partial charge in [0.05, 0.1) is 16.9 Å². The van der Waals surface area contributed by atoms with Crippen LogP contribution in [0, 0.1) is 17.0 Å². The Morgan fingerprint density at radius 2 is 1.85 bits per heavy atom. The normalized spacial score (nSPS) is 11.0. The van der Waals surface area contributed by atoms with Crippen molar-refractivity contribution in [2.75, 3.05) is 5.75 Å². The fourth-order valence-electron chi connectivity index (χ4n) is 3.12. The fourth-order valence-corrected chi connectivity index (χ4v) is 3.87. The molecule has 0 saturated heterocycles. The Labute approximate surface area is 199 Å². The Kier molecular flexibility index (Phi) is 7.09. The molecule has 0 aliphatic rings. The number of thioether (sulfide) groups is 1. The van der Waals surface area contributed by atoms with E-state index in [-0.39, 0.29) is 17.3 Å². The summed E-state index contributed by atoms with van der Waals surface area (Å²) in [5.41, 5.74) is 5.83. The monoisotopic (exact) mass is 472 g/mol. The van der Waals surface area contributed by atoms with E-state index < -0.39 is 4.92 Å². The molecular weight excluding hydrogens is 452 g/mol. The standard InChI is InChI=1S/C24H20N6O3S/c1-17-10-12-20(13-11-17)29-23(19-7-3-2-4-8-19)27-28-24(29)34-16-22(31)26-25-15-18-6-5-9-21(14-18)30(32)33/h2-15H,16H2,1H3,(H,26,31)/b25-15-. The quantitative estimate of drug-likeness (QED) is 0.176. The number of carbonyl (C=O) groups excluding carboxylic acids is 1. The molecule has 0 fully saturated rings. The number of carbonyl (C=O) groups is 1. The van der Waals surface area contributed by atoms with Gasteiger partial charge in [0, 0.05) is 28.9 Å². The zero-order valence-corrected chi connectivity index (χ0v) is 19.0. The van der Waals surface area contributed by atoms with Gasteiger partial charge in [-0.3, -0.25) is 19.5 Å². The molecule has 170 valence electrons. The molecule has 4 rings (SSSR count). The highest BCUT2D eigenvalue weighted by Gasteiger charge is 2.17. The maximum atomic E-state index is 12.3. The van der Waals surface area contributed by atoms with Crippen molar-refractivity contribution >= 4 is 29.6 Å². The first-order valence-corrected chi connectivity index (χ1v) is 11.3. The summed E-state index contributed by atoms with van der Waals surface area (Å²) in [6, 6.07) is 23.7. The number of aromatic nitrogens is 3. The first kappa shape index (κ1) is 22.9. The SMILES string of the molecule is Cc1ccc(-n2c(SCC(=O)N/N=C\c3cccc([N+](=O)[O-])c3)nnc2-c2ccccc2)cc1. The van der Waals surface area contributed by atoms with E-state index in [0.717, 1.165) is 16.8 Å². The average Bonchev–Trinajstić information content (AvgIpc) is 3.28. The zero-order valence-electron chi connectivity index (χ0n) is 18.2. The Morgan fingerprint density at radius 3 is 2.59 bits per heavy atom. The van der Waals surface area contributed by atoms with Crippen LogP contribution in [0.5, 0.6) is 0 Å². The molecule has 1 heterocycles. The number of nitro benzene ring substituents is 1. The third kappa shape index (κ3) is 5.54. The van der Waals surface area contributed by atoms with E-state index in [1.165, 1.54) is 30.1 Å². The third-order valence-electron chi connectivity index (χ3n) is 4.77. The van der Waals surface area contributed by atoms with Crippen molar-refractivity contribution in [1.82, 2.24) is 20.2 Å². The molecule has 0 aliphatic carbocycles. The summed E-state index contributed by atoms with van der Waals surface area (Å²) in [5, 5.41) is 24.0. The summed E-state index contributed by atoms with van der Waals surface area (Å²) in [6.45, 7) is 2.02. The van der Waals surface area contributed by atoms with Crippen LogP contribution in [0.1, 0.15) is 11.1 Å². The smallest absolute Gasteiger partial charge is 0.270 e. The highest BCUT2D eigenvalue weighted by atomic mass is 32.2. The molecule has 0 spiro atoms. The van der Waals surface area contributed by atoms with E-state index in [4.69, 9.17) is 0 Å². The van der Waals surface area contributed by atoms with Gasteiger partial charge in [0.25, 0.3) is 11.6 Å². The summed E-state index contributed by atoms with van der Waals surface area (Å²) >= 11 is 1.24. The minimum atomic E-state index is -0.486. The second kappa shape index (κ2) is 10.5. The largest absolute Gasteiger partial charge is 0.272 e. The lowest BCUT2D eigenvalue weighted by Crippen LogP contribution is -2.20. The lowest BCUT2D eigenvalue weighted by Gasteiger charge is -2.10. The molecule has 0 saturated carbocycles. The number of hydrogen-bond acceptors (Lipinski definition) is 7. The van der Waals surface area contributed by atoms with E-state index in [1.807, 2.05) is 66.1 Å². The summed E-state index contributed by atoms with van der Waals surface area (Å²) in [7, 11) is 0. The van der Waals surface area contributed by atoms with Gasteiger partial charge < -0.3 is 0 Å². The zero-order chi connectivity index (χ0) is 23.9. The molecule has 1 amide bonds. The fraction of sp³-hybridized carbons (Fsp3) is 0.0833. The van der Waals surface area contributed by atoms with Crippen molar-refractivity contribution in [3.8, 4) is 17.1 Å². The van der Waals surface area contributed by atoms with Gasteiger partial charge in [-0.05, 0) is 19.1 Å². The molecule has 3 aromatic carbocycles. The van der Waals surface area contributed by atoms with Crippen LogP contribution in [0.25, 0.3) is 17.1 Å². The first-order chi connectivity index (χ1) is 16.5. The molecule has 0 radical (unpaired) electrons. The second-order valence-corrected chi connectivity index (χ2v) is 8.22. The number of hydrazone groups is 1. The molecule has 4 aromatic rings. The molecule has 10 heteroatoms. The van der Waals surface area contributed by atoms with Crippen LogP contribution < -0.4 is 5.43 Å². The van der Waals surface area contributed by atoms with Gasteiger partial charge in [-0.2, -0.15) is 5.10 Å². The summed E-state index contributed by atoms with van der Waals surface area (Å²) < 4.78 is 1.92. The minimum Gasteiger partial charge on any atom is -0.272 e. The van der Waals surface area contributed by atoms with Crippen molar-refractivity contribution in [2.45, 2.75) is 12.1 Å². The average molecular weight is 473 g/mol. The van der Waals surface area contributed by atoms with Crippen molar-refractivity contribution in [1.29, 1.82) is 0 Å². The number of aryl methyl sites for hydroxylation is 1. The summed E-state index contributed by atoms with van der Waals surface area (Å²) in [6.07, 6.45) is 1.36. The van der Waals surface area contributed by atoms with E-state index in [1.54, 1.807) is 12.1 Å². The Hall–Kier alpha value is -4.31. The van der Waals surface area contributed by atoms with Gasteiger partial charge in [-0.25, -0.2) is 5.43 Å². The summed E-state index contributed by atoms with van der Waals surface area (Å²) in [4.78, 5) is 22.7. The molecule has 0 bridgehead atoms. The van der Waals surface area contributed by atoms with Crippen LogP contribution in [0.15, 0.2) is 89.1 Å². The number of amides is 1. The predicted molar refractivity (Wildman–Crippen MR) is 131 cm³/mol. The number of nitro groups is 1. The van der Waals surface area contributed by atoms with Crippen LogP contribution in [0.2, 0.25) is 0 Å². The molecule has 0 aliphatic heterocycles. The molecule has 1 aromatic heterocycles. The minimum absolute atomic E-state index is 0.0458. The topological polar surface area (TPSA) is 115 Å². The number of benzene rings is 3. The van der Waals surface area contributed by atoms with Crippen molar-refractivity contribution in [3.63, 3.8) is 0 Å². The lowest BCUT2D eigenvalue weighted by atomic mass is 10.2. The molecule has 1 N–H and O–H groups in total. The highest BCUT2D eigenvalue weighted by molar-refractivity contribution is 7.99. The number of nitrogens with zero attached hydrogens (tertiary/aromatic N) is 5. The van der Waals surface area contributed by atoms with Gasteiger partial charge in [0.1, 0.15) is 0 Å². The van der Waals surface area contributed by atoms with Gasteiger partial charge in [0.2, 0.25) is 0 Å². The number of non-ortho nitro benzene ring substituents is 1. The maximum absolute atomic E-state index is 12.3. The van der Waals surface area contributed by atoms with Crippen LogP contribution in [0.4, 0.5) is 5.69 Å². The summed E-state index contributed by atoms with van der Waals surface area (Å²) in [5.74, 6) is 0.396. The predicted octanol–water partition coefficient (Wildman–Crippen LogP) is 4.39. The lowest BCUT2D eigenvalue weighted by molar-refractivity contribution is -0.384. The Morgan fingerprint density at radius 1 is 1.09 bits per heavy atom. The Bertz CT molecular complexity index is 1340. The number of rotatable bonds is 8. The van der Waals surface area contributed by atoms with E-state index >= 15 is 0 Å². The first-order valence-electron chi connectivity index (χ1n) is 10.3. The Balaban J connectivity index is 1.48. The van der Waals surface area contributed by atoms with E-state index in [9.17, 15) is 14.9 Å². The van der Waals surface area contributed by atoms with Crippen molar-refractivity contribution in [2.24, 2.45) is 5.10 Å². The van der Waals surface area contributed by atoms with Gasteiger partial charge in [-0.15, -0.1) is 10.2 Å². The van der Waals surface area contributed by atoms with E-state index in [2.05, 4.69) is 20.7 Å². The third-order valence-corrected chi connectivity index (χ3v) is 5.70. The maximum Gasteiger partial charge on any atom is 0.270 e. The van der Waals surface area contributed by atoms with Crippen LogP contribution in [-0.2, 0) is 4.79 Å². The van der Waals surface area contributed by atoms with Gasteiger partial charge in [-0.1, -0.05) is 71.9 Å². The van der Waals surface area contributed by atoms with Crippen LogP contribution in [-0.4, -0.2) is 37.6 Å². The molecule has 0 atom stereocenters. The molecular formula is C24H20N6O3S. The molecule has 34 heavy (non-hydrogen) atoms. The number of nitrogens with one attached hydrogen (secondary N) is 1. The van der Waals surface area contributed by atoms with Crippen LogP contribution >= 0.6 is 11.8 Å². The van der Waals surface area contributed by atoms with Crippen LogP contribution in [0.3, 0.4) is 0 Å².